The lowest BCUT2D eigenvalue weighted by Gasteiger charge is -2.24. The van der Waals surface area contributed by atoms with Gasteiger partial charge in [0.2, 0.25) is 0 Å². The molecule has 0 aliphatic heterocycles. The van der Waals surface area contributed by atoms with Crippen molar-refractivity contribution in [2.75, 3.05) is 21.8 Å². The van der Waals surface area contributed by atoms with Gasteiger partial charge >= 0.3 is 0 Å². The molecule has 0 atom stereocenters. The summed E-state index contributed by atoms with van der Waals surface area (Å²) in [6, 6.07) is 40.0. The van der Waals surface area contributed by atoms with Crippen LogP contribution in [0.3, 0.4) is 0 Å². The maximum Gasteiger partial charge on any atom is 0.283 e. The second-order valence-corrected chi connectivity index (χ2v) is 18.1. The summed E-state index contributed by atoms with van der Waals surface area (Å²) in [6.07, 6.45) is 4.46. The van der Waals surface area contributed by atoms with Gasteiger partial charge in [-0.15, -0.1) is 0 Å². The molecule has 7 aromatic rings. The molecule has 3 N–H and O–H groups in total. The number of carbonyl (C=O) groups excluding carboxylic acids is 2. The Labute approximate surface area is 371 Å². The first-order chi connectivity index (χ1) is 30.2. The van der Waals surface area contributed by atoms with Gasteiger partial charge in [0.05, 0.1) is 37.4 Å². The fraction of sp³-hybridized carbons (Fsp3) is 0.156. The third-order valence-electron chi connectivity index (χ3n) is 9.37. The topological polar surface area (TPSA) is 189 Å². The number of benzene rings is 5. The van der Waals surface area contributed by atoms with Crippen molar-refractivity contribution < 1.29 is 31.5 Å². The van der Waals surface area contributed by atoms with E-state index >= 15 is 0 Å². The van der Waals surface area contributed by atoms with Gasteiger partial charge in [-0.25, -0.2) is 4.98 Å². The van der Waals surface area contributed by atoms with Crippen LogP contribution in [-0.2, 0) is 53.8 Å². The highest BCUT2D eigenvalue weighted by molar-refractivity contribution is 7.93. The number of aliphatic hydroxyl groups is 1. The third-order valence-corrected chi connectivity index (χ3v) is 13.0. The van der Waals surface area contributed by atoms with Gasteiger partial charge in [-0.2, -0.15) is 21.9 Å². The van der Waals surface area contributed by atoms with Gasteiger partial charge in [0, 0.05) is 55.7 Å². The molecule has 0 unspecified atom stereocenters. The second kappa shape index (κ2) is 20.9. The normalized spacial score (nSPS) is 11.2. The molecule has 2 amide bonds. The van der Waals surface area contributed by atoms with E-state index in [2.05, 4.69) is 20.7 Å². The Morgan fingerprint density at radius 3 is 1.68 bits per heavy atom. The van der Waals surface area contributed by atoms with Crippen molar-refractivity contribution in [3.63, 3.8) is 0 Å². The molecule has 0 bridgehead atoms. The van der Waals surface area contributed by atoms with Crippen molar-refractivity contribution in [1.82, 2.24) is 30.0 Å². The number of hydrogen-bond acceptors (Lipinski definition) is 9. The number of rotatable bonds is 16. The van der Waals surface area contributed by atoms with Gasteiger partial charge in [0.15, 0.2) is 10.1 Å². The number of halogens is 1. The van der Waals surface area contributed by atoms with E-state index in [1.54, 1.807) is 91.6 Å². The van der Waals surface area contributed by atoms with Crippen LogP contribution < -0.4 is 19.2 Å². The zero-order chi connectivity index (χ0) is 45.0. The SMILES string of the molecule is Cn1ccc(S(=O)(=O)N(Cc2ccc(Cl)cc2)c2cccc(C(=O)NCCO)c2)n1.Cn1cnc(S(=O)(=O)N(Cc2ccccc2)c2cccc(C(=O)NCc3ccccc3)c2)c1. The van der Waals surface area contributed by atoms with E-state index < -0.39 is 26.0 Å². The largest absolute Gasteiger partial charge is 0.395 e. The maximum absolute atomic E-state index is 13.5. The molecule has 18 heteroatoms. The zero-order valence-corrected chi connectivity index (χ0v) is 36.7. The summed E-state index contributed by atoms with van der Waals surface area (Å²) in [5.41, 5.74) is 3.86. The predicted molar refractivity (Wildman–Crippen MR) is 241 cm³/mol. The Kier molecular flexibility index (Phi) is 15.1. The van der Waals surface area contributed by atoms with E-state index in [-0.39, 0.29) is 47.8 Å². The summed E-state index contributed by atoms with van der Waals surface area (Å²) in [6.45, 7) is 0.419. The van der Waals surface area contributed by atoms with Gasteiger partial charge in [-0.3, -0.25) is 22.9 Å². The molecule has 0 radical (unpaired) electrons. The zero-order valence-electron chi connectivity index (χ0n) is 34.3. The van der Waals surface area contributed by atoms with Crippen molar-refractivity contribution in [3.8, 4) is 0 Å². The number of anilines is 2. The summed E-state index contributed by atoms with van der Waals surface area (Å²) in [5, 5.41) is 18.8. The molecule has 0 aliphatic rings. The Hall–Kier alpha value is -6.79. The lowest BCUT2D eigenvalue weighted by atomic mass is 10.1. The van der Waals surface area contributed by atoms with Crippen LogP contribution >= 0.6 is 11.6 Å². The van der Waals surface area contributed by atoms with Gasteiger partial charge in [-0.1, -0.05) is 96.5 Å². The fourth-order valence-electron chi connectivity index (χ4n) is 6.17. The number of nitrogens with zero attached hydrogens (tertiary/aromatic N) is 6. The molecule has 2 aromatic heterocycles. The molecule has 7 rings (SSSR count). The van der Waals surface area contributed by atoms with Crippen LogP contribution in [0, 0.1) is 0 Å². The average molecular weight is 909 g/mol. The Morgan fingerprint density at radius 2 is 1.17 bits per heavy atom. The number of aromatic nitrogens is 4. The molecule has 326 valence electrons. The van der Waals surface area contributed by atoms with Crippen LogP contribution in [0.5, 0.6) is 0 Å². The number of hydrogen-bond donors (Lipinski definition) is 3. The first-order valence-corrected chi connectivity index (χ1v) is 22.7. The van der Waals surface area contributed by atoms with E-state index in [0.717, 1.165) is 11.1 Å². The van der Waals surface area contributed by atoms with Crippen LogP contribution in [-0.4, -0.2) is 66.2 Å². The molecule has 63 heavy (non-hydrogen) atoms. The minimum atomic E-state index is -4.00. The summed E-state index contributed by atoms with van der Waals surface area (Å²) in [5.74, 6) is -0.692. The van der Waals surface area contributed by atoms with Crippen molar-refractivity contribution in [2.24, 2.45) is 14.1 Å². The molecular weight excluding hydrogens is 864 g/mol. The number of aliphatic hydroxyl groups excluding tert-OH is 1. The first kappa shape index (κ1) is 45.7. The molecule has 0 saturated carbocycles. The molecular formula is C45H45ClN8O7S2. The van der Waals surface area contributed by atoms with Gasteiger partial charge in [0.25, 0.3) is 31.9 Å². The number of nitrogens with one attached hydrogen (secondary N) is 2. The quantitative estimate of drug-likeness (QED) is 0.106. The Morgan fingerprint density at radius 1 is 0.651 bits per heavy atom. The van der Waals surface area contributed by atoms with E-state index in [1.807, 2.05) is 60.7 Å². The number of sulfonamides is 2. The van der Waals surface area contributed by atoms with E-state index in [1.165, 1.54) is 37.9 Å². The number of imidazole rings is 1. The monoisotopic (exact) mass is 908 g/mol. The minimum absolute atomic E-state index is 0.0256. The van der Waals surface area contributed by atoms with E-state index in [0.29, 0.717) is 34.1 Å². The first-order valence-electron chi connectivity index (χ1n) is 19.5. The van der Waals surface area contributed by atoms with Crippen LogP contribution in [0.25, 0.3) is 0 Å². The summed E-state index contributed by atoms with van der Waals surface area (Å²) in [7, 11) is -4.62. The van der Waals surface area contributed by atoms with Crippen molar-refractivity contribution in [2.45, 2.75) is 29.7 Å². The molecule has 15 nitrogen and oxygen atoms in total. The molecule has 0 saturated heterocycles. The standard InChI is InChI=1S/C25H24N4O3S.C20H21ClN4O4S/c1-28-18-24(27-19-28)33(31,32)29(17-21-11-6-3-7-12-21)23-14-8-13-22(15-23)25(30)26-16-20-9-4-2-5-10-20;1-24-11-9-19(23-24)30(28,29)25(14-15-5-7-17(21)8-6-15)18-4-2-3-16(13-18)20(27)22-10-12-26/h2-15,18-19H,16-17H2,1H3,(H,26,30);2-9,11,13,26H,10,12,14H2,1H3,(H,22,27). The van der Waals surface area contributed by atoms with Crippen molar-refractivity contribution in [3.05, 3.63) is 191 Å². The van der Waals surface area contributed by atoms with E-state index in [4.69, 9.17) is 16.7 Å². The molecule has 0 fully saturated rings. The summed E-state index contributed by atoms with van der Waals surface area (Å²) >= 11 is 5.94. The smallest absolute Gasteiger partial charge is 0.283 e. The van der Waals surface area contributed by atoms with E-state index in [9.17, 15) is 26.4 Å². The summed E-state index contributed by atoms with van der Waals surface area (Å²) in [4.78, 5) is 29.1. The van der Waals surface area contributed by atoms with Crippen molar-refractivity contribution >= 4 is 54.8 Å². The average Bonchev–Trinajstić information content (AvgIpc) is 3.96. The highest BCUT2D eigenvalue weighted by Gasteiger charge is 2.29. The molecule has 0 spiro atoms. The second-order valence-electron chi connectivity index (χ2n) is 14.1. The lowest BCUT2D eigenvalue weighted by Crippen LogP contribution is -2.31. The predicted octanol–water partition coefficient (Wildman–Crippen LogP) is 5.94. The number of amides is 2. The molecule has 5 aromatic carbocycles. The highest BCUT2D eigenvalue weighted by atomic mass is 35.5. The summed E-state index contributed by atoms with van der Waals surface area (Å²) < 4.78 is 59.2. The number of aryl methyl sites for hydroxylation is 2. The molecule has 0 aliphatic carbocycles. The van der Waals surface area contributed by atoms with Gasteiger partial charge in [0.1, 0.15) is 0 Å². The van der Waals surface area contributed by atoms with Gasteiger partial charge < -0.3 is 20.3 Å². The third kappa shape index (κ3) is 12.0. The van der Waals surface area contributed by atoms with Crippen LogP contribution in [0.2, 0.25) is 5.02 Å². The lowest BCUT2D eigenvalue weighted by molar-refractivity contribution is 0.0939. The molecule has 2 heterocycles. The Balaban J connectivity index is 0.000000211. The van der Waals surface area contributed by atoms with Crippen molar-refractivity contribution in [1.29, 1.82) is 0 Å². The van der Waals surface area contributed by atoms with Crippen LogP contribution in [0.4, 0.5) is 11.4 Å². The van der Waals surface area contributed by atoms with Crippen LogP contribution in [0.1, 0.15) is 37.4 Å². The highest BCUT2D eigenvalue weighted by Crippen LogP contribution is 2.28. The Bertz CT molecular complexity index is 2860. The maximum atomic E-state index is 13.5. The van der Waals surface area contributed by atoms with Crippen LogP contribution in [0.15, 0.2) is 168 Å². The number of carbonyl (C=O) groups is 2. The minimum Gasteiger partial charge on any atom is -0.395 e. The van der Waals surface area contributed by atoms with Gasteiger partial charge in [-0.05, 0) is 71.3 Å². The fourth-order valence-corrected chi connectivity index (χ4v) is 9.11.